The van der Waals surface area contributed by atoms with Crippen molar-refractivity contribution in [2.45, 2.75) is 45.3 Å². The number of carbonyl (C=O) groups excluding carboxylic acids is 4. The van der Waals surface area contributed by atoms with E-state index in [9.17, 15) is 19.2 Å². The van der Waals surface area contributed by atoms with Crippen molar-refractivity contribution < 1.29 is 28.7 Å². The van der Waals surface area contributed by atoms with Gasteiger partial charge < -0.3 is 31.6 Å². The first-order chi connectivity index (χ1) is 10.6. The van der Waals surface area contributed by atoms with Crippen LogP contribution < -0.4 is 22.1 Å². The molecule has 0 bridgehead atoms. The lowest BCUT2D eigenvalue weighted by molar-refractivity contribution is -0.219. The first-order valence-corrected chi connectivity index (χ1v) is 7.00. The molecule has 132 valence electrons. The van der Waals surface area contributed by atoms with E-state index in [0.29, 0.717) is 0 Å². The van der Waals surface area contributed by atoms with Crippen LogP contribution in [0.3, 0.4) is 0 Å². The number of primary amides is 2. The van der Waals surface area contributed by atoms with E-state index in [0.717, 1.165) is 0 Å². The van der Waals surface area contributed by atoms with Crippen LogP contribution in [0.15, 0.2) is 0 Å². The number of carbonyl (C=O) groups is 4. The number of nitrogens with two attached hydrogens (primary N) is 2. The Hall–Kier alpha value is -2.20. The van der Waals surface area contributed by atoms with Gasteiger partial charge in [0.15, 0.2) is 5.79 Å². The normalized spacial score (nSPS) is 10.9. The predicted octanol–water partition coefficient (Wildman–Crippen LogP) is -1.57. The van der Waals surface area contributed by atoms with Gasteiger partial charge in [-0.25, -0.2) is 0 Å². The summed E-state index contributed by atoms with van der Waals surface area (Å²) in [5.41, 5.74) is 9.85. The third-order valence-corrected chi connectivity index (χ3v) is 2.58. The molecule has 0 atom stereocenters. The minimum atomic E-state index is -1.06. The van der Waals surface area contributed by atoms with Crippen LogP contribution in [0.1, 0.15) is 39.5 Å². The maximum Gasteiger partial charge on any atom is 0.222 e. The topological polar surface area (TPSA) is 163 Å². The lowest BCUT2D eigenvalue weighted by Gasteiger charge is -2.25. The van der Waals surface area contributed by atoms with Crippen LogP contribution in [0.2, 0.25) is 0 Å². The number of hydrogen-bond donors (Lipinski definition) is 4. The Morgan fingerprint density at radius 2 is 1.13 bits per heavy atom. The molecule has 10 heteroatoms. The third kappa shape index (κ3) is 13.2. The van der Waals surface area contributed by atoms with Crippen molar-refractivity contribution in [1.29, 1.82) is 0 Å². The van der Waals surface area contributed by atoms with Gasteiger partial charge in [-0.2, -0.15) is 0 Å². The Labute approximate surface area is 134 Å². The minimum Gasteiger partial charge on any atom is -0.370 e. The monoisotopic (exact) mass is 332 g/mol. The molecule has 0 spiro atoms. The quantitative estimate of drug-likeness (QED) is 0.316. The van der Waals surface area contributed by atoms with E-state index in [-0.39, 0.29) is 51.0 Å². The molecule has 0 saturated heterocycles. The van der Waals surface area contributed by atoms with Gasteiger partial charge in [-0.3, -0.25) is 19.2 Å². The van der Waals surface area contributed by atoms with Crippen molar-refractivity contribution in [2.75, 3.05) is 13.5 Å². The van der Waals surface area contributed by atoms with Gasteiger partial charge in [0, 0.05) is 25.7 Å². The van der Waals surface area contributed by atoms with Crippen LogP contribution in [0.4, 0.5) is 0 Å². The van der Waals surface area contributed by atoms with E-state index in [4.69, 9.17) is 20.9 Å². The summed E-state index contributed by atoms with van der Waals surface area (Å²) in [6, 6.07) is 0. The average Bonchev–Trinajstić information content (AvgIpc) is 2.42. The molecular formula is C13H24N4O6. The molecule has 0 fully saturated rings. The lowest BCUT2D eigenvalue weighted by atomic mass is 10.3. The first-order valence-electron chi connectivity index (χ1n) is 7.00. The van der Waals surface area contributed by atoms with Gasteiger partial charge in [-0.1, -0.05) is 0 Å². The molecule has 23 heavy (non-hydrogen) atoms. The van der Waals surface area contributed by atoms with E-state index in [1.165, 1.54) is 0 Å². The summed E-state index contributed by atoms with van der Waals surface area (Å²) in [5, 5.41) is 4.88. The van der Waals surface area contributed by atoms with Crippen molar-refractivity contribution in [3.8, 4) is 0 Å². The Bertz CT molecular complexity index is 400. The number of rotatable bonds is 12. The highest BCUT2D eigenvalue weighted by Crippen LogP contribution is 2.09. The molecule has 0 aromatic heterocycles. The molecule has 0 radical (unpaired) electrons. The first kappa shape index (κ1) is 20.8. The largest absolute Gasteiger partial charge is 0.370 e. The van der Waals surface area contributed by atoms with E-state index in [1.54, 1.807) is 13.8 Å². The average molecular weight is 332 g/mol. The highest BCUT2D eigenvalue weighted by Gasteiger charge is 2.19. The molecule has 0 aliphatic carbocycles. The number of ether oxygens (including phenoxy) is 2. The SMILES string of the molecule is CC(C)(OCNC(=O)CCC(N)=O)OCNC(=O)CCC(N)=O. The number of nitrogens with one attached hydrogen (secondary N) is 2. The summed E-state index contributed by atoms with van der Waals surface area (Å²) < 4.78 is 10.6. The zero-order valence-corrected chi connectivity index (χ0v) is 13.3. The van der Waals surface area contributed by atoms with Crippen LogP contribution >= 0.6 is 0 Å². The number of amides is 4. The van der Waals surface area contributed by atoms with Gasteiger partial charge in [-0.05, 0) is 13.8 Å². The van der Waals surface area contributed by atoms with Gasteiger partial charge in [0.05, 0.1) is 0 Å². The van der Waals surface area contributed by atoms with E-state index in [1.807, 2.05) is 0 Å². The van der Waals surface area contributed by atoms with Crippen LogP contribution in [0, 0.1) is 0 Å². The van der Waals surface area contributed by atoms with Crippen molar-refractivity contribution in [3.63, 3.8) is 0 Å². The van der Waals surface area contributed by atoms with E-state index >= 15 is 0 Å². The minimum absolute atomic E-state index is 0.0180. The molecule has 0 aromatic rings. The lowest BCUT2D eigenvalue weighted by Crippen LogP contribution is -2.39. The smallest absolute Gasteiger partial charge is 0.222 e. The second-order valence-corrected chi connectivity index (χ2v) is 5.11. The fourth-order valence-corrected chi connectivity index (χ4v) is 1.27. The van der Waals surface area contributed by atoms with Gasteiger partial charge in [0.25, 0.3) is 0 Å². The summed E-state index contributed by atoms with van der Waals surface area (Å²) >= 11 is 0. The molecule has 10 nitrogen and oxygen atoms in total. The summed E-state index contributed by atoms with van der Waals surface area (Å²) in [5.74, 6) is -2.93. The van der Waals surface area contributed by atoms with Crippen molar-refractivity contribution in [2.24, 2.45) is 11.5 Å². The molecule has 0 aliphatic rings. The Morgan fingerprint density at radius 1 is 0.783 bits per heavy atom. The molecule has 0 aromatic carbocycles. The van der Waals surface area contributed by atoms with E-state index < -0.39 is 17.6 Å². The van der Waals surface area contributed by atoms with Crippen LogP contribution in [0.5, 0.6) is 0 Å². The summed E-state index contributed by atoms with van der Waals surface area (Å²) in [4.78, 5) is 43.7. The van der Waals surface area contributed by atoms with Crippen molar-refractivity contribution in [3.05, 3.63) is 0 Å². The maximum atomic E-state index is 11.3. The predicted molar refractivity (Wildman–Crippen MR) is 79.1 cm³/mol. The molecule has 0 rings (SSSR count). The Morgan fingerprint density at radius 3 is 1.43 bits per heavy atom. The summed E-state index contributed by atoms with van der Waals surface area (Å²) in [6.45, 7) is 2.94. The maximum absolute atomic E-state index is 11.3. The molecule has 0 aliphatic heterocycles. The molecule has 6 N–H and O–H groups in total. The molecule has 0 heterocycles. The Balaban J connectivity index is 3.83. The van der Waals surface area contributed by atoms with Gasteiger partial charge in [-0.15, -0.1) is 0 Å². The van der Waals surface area contributed by atoms with Crippen molar-refractivity contribution >= 4 is 23.6 Å². The summed E-state index contributed by atoms with van der Waals surface area (Å²) in [7, 11) is 0. The van der Waals surface area contributed by atoms with Gasteiger partial charge in [0.1, 0.15) is 13.5 Å². The third-order valence-electron chi connectivity index (χ3n) is 2.58. The van der Waals surface area contributed by atoms with Crippen molar-refractivity contribution in [1.82, 2.24) is 10.6 Å². The fraction of sp³-hybridized carbons (Fsp3) is 0.692. The fourth-order valence-electron chi connectivity index (χ4n) is 1.27. The molecular weight excluding hydrogens is 308 g/mol. The van der Waals surface area contributed by atoms with Gasteiger partial charge in [0.2, 0.25) is 23.6 Å². The second kappa shape index (κ2) is 10.5. The number of hydrogen-bond acceptors (Lipinski definition) is 6. The highest BCUT2D eigenvalue weighted by molar-refractivity contribution is 5.83. The highest BCUT2D eigenvalue weighted by atomic mass is 16.7. The van der Waals surface area contributed by atoms with Crippen LogP contribution in [-0.2, 0) is 28.7 Å². The standard InChI is InChI=1S/C13H24N4O6/c1-13(2,22-7-16-11(20)5-3-9(14)18)23-8-17-12(21)6-4-10(15)19/h3-8H2,1-2H3,(H2,14,18)(H2,15,19)(H,16,20)(H,17,21). The van der Waals surface area contributed by atoms with Gasteiger partial charge >= 0.3 is 0 Å². The summed E-state index contributed by atoms with van der Waals surface area (Å²) in [6.07, 6.45) is -0.113. The van der Waals surface area contributed by atoms with E-state index in [2.05, 4.69) is 10.6 Å². The molecule has 4 amide bonds. The zero-order chi connectivity index (χ0) is 17.9. The molecule has 0 unspecified atom stereocenters. The van der Waals surface area contributed by atoms with Crippen LogP contribution in [0.25, 0.3) is 0 Å². The second-order valence-electron chi connectivity index (χ2n) is 5.11. The van der Waals surface area contributed by atoms with Crippen LogP contribution in [-0.4, -0.2) is 42.9 Å². The molecule has 0 saturated carbocycles. The Kier molecular flexibility index (Phi) is 9.51. The zero-order valence-electron chi connectivity index (χ0n) is 13.3.